The number of aromatic nitrogens is 2. The number of amides is 1. The van der Waals surface area contributed by atoms with Gasteiger partial charge in [-0.1, -0.05) is 6.42 Å². The van der Waals surface area contributed by atoms with Crippen LogP contribution in [0.15, 0.2) is 12.3 Å². The van der Waals surface area contributed by atoms with E-state index in [1.54, 1.807) is 0 Å². The molecule has 2 rings (SSSR count). The summed E-state index contributed by atoms with van der Waals surface area (Å²) in [6, 6.07) is 2.47. The summed E-state index contributed by atoms with van der Waals surface area (Å²) in [6.07, 6.45) is 5.84. The molecule has 1 unspecified atom stereocenters. The van der Waals surface area contributed by atoms with E-state index in [1.165, 1.54) is 18.5 Å². The molecule has 7 heteroatoms. The van der Waals surface area contributed by atoms with E-state index in [9.17, 15) is 4.79 Å². The van der Waals surface area contributed by atoms with Crippen LogP contribution in [0.3, 0.4) is 0 Å². The molecule has 1 aliphatic heterocycles. The minimum atomic E-state index is 0. The molecule has 1 atom stereocenters. The van der Waals surface area contributed by atoms with Gasteiger partial charge in [-0.3, -0.25) is 14.4 Å². The minimum absolute atomic E-state index is 0. The Balaban J connectivity index is 0.00000220. The molecule has 0 aliphatic carbocycles. The fraction of sp³-hybridized carbons (Fsp3) is 0.714. The Morgan fingerprint density at radius 2 is 2.33 bits per heavy atom. The van der Waals surface area contributed by atoms with Gasteiger partial charge in [0.25, 0.3) is 0 Å². The van der Waals surface area contributed by atoms with E-state index in [-0.39, 0.29) is 18.3 Å². The molecule has 1 aliphatic rings. The van der Waals surface area contributed by atoms with Crippen molar-refractivity contribution in [2.75, 3.05) is 19.6 Å². The third-order valence-corrected chi connectivity index (χ3v) is 3.94. The number of aryl methyl sites for hydroxylation is 1. The van der Waals surface area contributed by atoms with Gasteiger partial charge in [0.1, 0.15) is 0 Å². The quantitative estimate of drug-likeness (QED) is 0.808. The highest BCUT2D eigenvalue weighted by Crippen LogP contribution is 2.19. The second-order valence-corrected chi connectivity index (χ2v) is 5.41. The van der Waals surface area contributed by atoms with Gasteiger partial charge in [0.2, 0.25) is 5.91 Å². The summed E-state index contributed by atoms with van der Waals surface area (Å²) in [5, 5.41) is 7.21. The first-order chi connectivity index (χ1) is 9.70. The fourth-order valence-corrected chi connectivity index (χ4v) is 2.71. The number of piperidine rings is 1. The molecule has 0 spiro atoms. The van der Waals surface area contributed by atoms with Crippen molar-refractivity contribution in [1.82, 2.24) is 20.0 Å². The van der Waals surface area contributed by atoms with Gasteiger partial charge >= 0.3 is 0 Å². The molecular weight excluding hydrogens is 290 g/mol. The van der Waals surface area contributed by atoms with Crippen LogP contribution in [0, 0.1) is 0 Å². The van der Waals surface area contributed by atoms with Crippen LogP contribution in [-0.4, -0.2) is 46.3 Å². The number of carbonyl (C=O) groups is 1. The van der Waals surface area contributed by atoms with Crippen LogP contribution in [0.25, 0.3) is 0 Å². The van der Waals surface area contributed by atoms with Crippen LogP contribution in [0.5, 0.6) is 0 Å². The first-order valence-corrected chi connectivity index (χ1v) is 7.38. The van der Waals surface area contributed by atoms with Crippen LogP contribution in [-0.2, 0) is 18.4 Å². The first-order valence-electron chi connectivity index (χ1n) is 7.38. The zero-order chi connectivity index (χ0) is 14.4. The second kappa shape index (κ2) is 9.02. The standard InChI is InChI=1S/C14H25N5O.ClH/c1-18-13(6-8-17-18)11-19-9-3-2-4-12(19)10-16-14(20)5-7-15;/h6,8,12H,2-5,7,9-11,15H2,1H3,(H,16,20);1H. The van der Waals surface area contributed by atoms with E-state index in [1.807, 2.05) is 17.9 Å². The van der Waals surface area contributed by atoms with Crippen LogP contribution >= 0.6 is 12.4 Å². The molecule has 1 aromatic heterocycles. The molecule has 21 heavy (non-hydrogen) atoms. The lowest BCUT2D eigenvalue weighted by Gasteiger charge is -2.35. The summed E-state index contributed by atoms with van der Waals surface area (Å²) in [7, 11) is 1.97. The van der Waals surface area contributed by atoms with Crippen LogP contribution in [0.4, 0.5) is 0 Å². The monoisotopic (exact) mass is 315 g/mol. The van der Waals surface area contributed by atoms with Crippen molar-refractivity contribution in [3.05, 3.63) is 18.0 Å². The number of likely N-dealkylation sites (tertiary alicyclic amines) is 1. The number of halogens is 1. The largest absolute Gasteiger partial charge is 0.354 e. The fourth-order valence-electron chi connectivity index (χ4n) is 2.71. The van der Waals surface area contributed by atoms with Gasteiger partial charge < -0.3 is 11.1 Å². The zero-order valence-electron chi connectivity index (χ0n) is 12.6. The van der Waals surface area contributed by atoms with E-state index in [4.69, 9.17) is 5.73 Å². The molecule has 1 saturated heterocycles. The topological polar surface area (TPSA) is 76.2 Å². The number of rotatable bonds is 6. The van der Waals surface area contributed by atoms with E-state index in [0.29, 0.717) is 19.0 Å². The number of hydrogen-bond acceptors (Lipinski definition) is 4. The summed E-state index contributed by atoms with van der Waals surface area (Å²) in [5.74, 6) is 0.0542. The van der Waals surface area contributed by atoms with Gasteiger partial charge in [-0.2, -0.15) is 5.10 Å². The molecule has 2 heterocycles. The van der Waals surface area contributed by atoms with Gasteiger partial charge in [0, 0.05) is 45.3 Å². The van der Waals surface area contributed by atoms with Crippen LogP contribution in [0.2, 0.25) is 0 Å². The van der Waals surface area contributed by atoms with Crippen molar-refractivity contribution in [3.63, 3.8) is 0 Å². The average molecular weight is 316 g/mol. The Morgan fingerprint density at radius 1 is 1.52 bits per heavy atom. The highest BCUT2D eigenvalue weighted by Gasteiger charge is 2.23. The predicted octanol–water partition coefficient (Wildman–Crippen LogP) is 0.661. The van der Waals surface area contributed by atoms with Gasteiger partial charge in [-0.15, -0.1) is 12.4 Å². The Bertz CT molecular complexity index is 437. The highest BCUT2D eigenvalue weighted by molar-refractivity contribution is 5.85. The normalized spacial score (nSPS) is 19.0. The number of nitrogens with one attached hydrogen (secondary N) is 1. The van der Waals surface area contributed by atoms with E-state index in [0.717, 1.165) is 26.1 Å². The Labute approximate surface area is 132 Å². The average Bonchev–Trinajstić information content (AvgIpc) is 2.84. The van der Waals surface area contributed by atoms with E-state index >= 15 is 0 Å². The molecule has 3 N–H and O–H groups in total. The smallest absolute Gasteiger partial charge is 0.221 e. The van der Waals surface area contributed by atoms with Crippen molar-refractivity contribution in [2.24, 2.45) is 12.8 Å². The lowest BCUT2D eigenvalue weighted by Crippen LogP contribution is -2.46. The maximum absolute atomic E-state index is 11.5. The third kappa shape index (κ3) is 5.30. The number of nitrogens with zero attached hydrogens (tertiary/aromatic N) is 3. The summed E-state index contributed by atoms with van der Waals surface area (Å²) >= 11 is 0. The van der Waals surface area contributed by atoms with Crippen molar-refractivity contribution >= 4 is 18.3 Å². The lowest BCUT2D eigenvalue weighted by atomic mass is 10.0. The molecule has 0 aromatic carbocycles. The molecule has 0 bridgehead atoms. The Kier molecular flexibility index (Phi) is 7.71. The molecule has 6 nitrogen and oxygen atoms in total. The third-order valence-electron chi connectivity index (χ3n) is 3.94. The minimum Gasteiger partial charge on any atom is -0.354 e. The molecule has 120 valence electrons. The molecular formula is C14H26ClN5O. The van der Waals surface area contributed by atoms with Crippen molar-refractivity contribution in [2.45, 2.75) is 38.3 Å². The Morgan fingerprint density at radius 3 is 3.00 bits per heavy atom. The number of carbonyl (C=O) groups excluding carboxylic acids is 1. The number of nitrogens with two attached hydrogens (primary N) is 1. The second-order valence-electron chi connectivity index (χ2n) is 5.41. The molecule has 0 saturated carbocycles. The van der Waals surface area contributed by atoms with E-state index < -0.39 is 0 Å². The SMILES string of the molecule is Cl.Cn1nccc1CN1CCCCC1CNC(=O)CCN. The first kappa shape index (κ1) is 17.9. The van der Waals surface area contributed by atoms with Gasteiger partial charge in [-0.05, 0) is 25.5 Å². The summed E-state index contributed by atoms with van der Waals surface area (Å²) < 4.78 is 1.92. The van der Waals surface area contributed by atoms with E-state index in [2.05, 4.69) is 21.4 Å². The van der Waals surface area contributed by atoms with Crippen molar-refractivity contribution in [3.8, 4) is 0 Å². The van der Waals surface area contributed by atoms with Gasteiger partial charge in [0.15, 0.2) is 0 Å². The molecule has 1 fully saturated rings. The van der Waals surface area contributed by atoms with Crippen molar-refractivity contribution in [1.29, 1.82) is 0 Å². The molecule has 0 radical (unpaired) electrons. The molecule has 1 amide bonds. The predicted molar refractivity (Wildman–Crippen MR) is 85.2 cm³/mol. The summed E-state index contributed by atoms with van der Waals surface area (Å²) in [4.78, 5) is 14.0. The molecule has 1 aromatic rings. The van der Waals surface area contributed by atoms with Gasteiger partial charge in [-0.25, -0.2) is 0 Å². The summed E-state index contributed by atoms with van der Waals surface area (Å²) in [5.41, 5.74) is 6.60. The summed E-state index contributed by atoms with van der Waals surface area (Å²) in [6.45, 7) is 3.11. The Hall–Kier alpha value is -1.11. The lowest BCUT2D eigenvalue weighted by molar-refractivity contribution is -0.121. The maximum Gasteiger partial charge on any atom is 0.221 e. The van der Waals surface area contributed by atoms with Gasteiger partial charge in [0.05, 0.1) is 5.69 Å². The highest BCUT2D eigenvalue weighted by atomic mass is 35.5. The maximum atomic E-state index is 11.5. The zero-order valence-corrected chi connectivity index (χ0v) is 13.4. The van der Waals surface area contributed by atoms with Crippen molar-refractivity contribution < 1.29 is 4.79 Å². The van der Waals surface area contributed by atoms with Crippen LogP contribution in [0.1, 0.15) is 31.4 Å². The number of hydrogen-bond donors (Lipinski definition) is 2. The van der Waals surface area contributed by atoms with Crippen LogP contribution < -0.4 is 11.1 Å².